The highest BCUT2D eigenvalue weighted by molar-refractivity contribution is 5.79. The molecule has 2 fully saturated rings. The minimum absolute atomic E-state index is 0.210. The van der Waals surface area contributed by atoms with Crippen LogP contribution in [0.3, 0.4) is 0 Å². The van der Waals surface area contributed by atoms with Crippen molar-refractivity contribution in [1.29, 1.82) is 0 Å². The molecule has 2 saturated heterocycles. The quantitative estimate of drug-likeness (QED) is 0.201. The number of rotatable bonds is 12. The first-order valence-corrected chi connectivity index (χ1v) is 18.0. The molecule has 0 radical (unpaired) electrons. The van der Waals surface area contributed by atoms with Crippen LogP contribution in [0.15, 0.2) is 84.1 Å². The Hall–Kier alpha value is -3.84. The van der Waals surface area contributed by atoms with Crippen LogP contribution in [0.1, 0.15) is 79.6 Å². The lowest BCUT2D eigenvalue weighted by atomic mass is 10.0. The smallest absolute Gasteiger partial charge is 0.224 e. The van der Waals surface area contributed by atoms with E-state index in [2.05, 4.69) is 97.1 Å². The molecule has 4 heterocycles. The fraction of sp³-hybridized carbons (Fsp3) is 0.500. The number of imidazole rings is 1. The van der Waals surface area contributed by atoms with Crippen molar-refractivity contribution in [1.82, 2.24) is 19.2 Å². The van der Waals surface area contributed by atoms with Crippen molar-refractivity contribution in [2.45, 2.75) is 79.6 Å². The average Bonchev–Trinajstić information content (AvgIpc) is 3.48. The molecule has 2 aliphatic heterocycles. The summed E-state index contributed by atoms with van der Waals surface area (Å²) in [7, 11) is 0. The van der Waals surface area contributed by atoms with Gasteiger partial charge in [0.1, 0.15) is 17.2 Å². The Kier molecular flexibility index (Phi) is 14.2. The van der Waals surface area contributed by atoms with Gasteiger partial charge in [-0.3, -0.25) is 14.1 Å². The number of benzene rings is 1. The zero-order valence-electron chi connectivity index (χ0n) is 29.7. The number of allylic oxidation sites excluding steroid dienone is 4. The predicted molar refractivity (Wildman–Crippen MR) is 200 cm³/mol. The van der Waals surface area contributed by atoms with Gasteiger partial charge >= 0.3 is 0 Å². The topological polar surface area (TPSA) is 56.1 Å². The lowest BCUT2D eigenvalue weighted by Crippen LogP contribution is -2.49. The lowest BCUT2D eigenvalue weighted by molar-refractivity contribution is -0.132. The Balaban J connectivity index is 0.00000160. The Morgan fingerprint density at radius 2 is 1.60 bits per heavy atom. The van der Waals surface area contributed by atoms with Crippen LogP contribution in [0.2, 0.25) is 0 Å². The Bertz CT molecular complexity index is 1490. The maximum absolute atomic E-state index is 13.2. The maximum Gasteiger partial charge on any atom is 0.224 e. The largest absolute Gasteiger partial charge is 0.372 e. The zero-order valence-corrected chi connectivity index (χ0v) is 29.7. The highest BCUT2D eigenvalue weighted by Crippen LogP contribution is 2.31. The van der Waals surface area contributed by atoms with Gasteiger partial charge in [-0.2, -0.15) is 0 Å². The first-order valence-electron chi connectivity index (χ1n) is 18.0. The van der Waals surface area contributed by atoms with Crippen molar-refractivity contribution >= 4 is 23.1 Å². The number of nitrogens with one attached hydrogen (secondary N) is 1. The summed E-state index contributed by atoms with van der Waals surface area (Å²) in [5.74, 6) is 1.15. The Labute approximate surface area is 284 Å². The second-order valence-corrected chi connectivity index (χ2v) is 12.9. The summed E-state index contributed by atoms with van der Waals surface area (Å²) in [4.78, 5) is 25.2. The number of carbonyl (C=O) groups is 1. The third-order valence-corrected chi connectivity index (χ3v) is 9.17. The van der Waals surface area contributed by atoms with E-state index in [1.807, 2.05) is 29.3 Å². The van der Waals surface area contributed by atoms with Crippen LogP contribution in [0.5, 0.6) is 0 Å². The molecule has 7 nitrogen and oxygen atoms in total. The van der Waals surface area contributed by atoms with Crippen LogP contribution >= 0.6 is 0 Å². The van der Waals surface area contributed by atoms with Crippen LogP contribution in [-0.4, -0.2) is 77.4 Å². The average molecular weight is 639 g/mol. The van der Waals surface area contributed by atoms with Gasteiger partial charge in [0.25, 0.3) is 0 Å². The molecule has 5 rings (SSSR count). The van der Waals surface area contributed by atoms with E-state index in [0.717, 1.165) is 87.0 Å². The molecule has 2 aliphatic rings. The molecule has 254 valence electrons. The van der Waals surface area contributed by atoms with Crippen molar-refractivity contribution in [2.24, 2.45) is 0 Å². The summed E-state index contributed by atoms with van der Waals surface area (Å²) < 4.78 is 2.09. The van der Waals surface area contributed by atoms with Gasteiger partial charge in [0.15, 0.2) is 0 Å². The molecule has 0 spiro atoms. The van der Waals surface area contributed by atoms with Crippen LogP contribution in [-0.2, 0) is 4.79 Å². The summed E-state index contributed by atoms with van der Waals surface area (Å²) in [6, 6.07) is 14.9. The number of anilines is 2. The monoisotopic (exact) mass is 638 g/mol. The van der Waals surface area contributed by atoms with Gasteiger partial charge in [-0.1, -0.05) is 87.8 Å². The van der Waals surface area contributed by atoms with Gasteiger partial charge in [-0.15, -0.1) is 0 Å². The van der Waals surface area contributed by atoms with Crippen molar-refractivity contribution < 1.29 is 4.79 Å². The number of aromatic nitrogens is 2. The number of piperazine rings is 1. The number of hydrogen-bond acceptors (Lipinski definition) is 5. The number of fused-ring (bicyclic) bond motifs is 1. The second-order valence-electron chi connectivity index (χ2n) is 12.9. The minimum atomic E-state index is 0.210. The van der Waals surface area contributed by atoms with E-state index in [4.69, 9.17) is 4.98 Å². The molecule has 0 bridgehead atoms. The maximum atomic E-state index is 13.2. The molecule has 2 aromatic heterocycles. The summed E-state index contributed by atoms with van der Waals surface area (Å²) in [5.41, 5.74) is 8.13. The van der Waals surface area contributed by atoms with E-state index >= 15 is 0 Å². The molecular formula is C40H58N6O. The third-order valence-electron chi connectivity index (χ3n) is 9.17. The molecule has 0 atom stereocenters. The summed E-state index contributed by atoms with van der Waals surface area (Å²) >= 11 is 0. The van der Waals surface area contributed by atoms with Gasteiger partial charge in [-0.05, 0) is 63.3 Å². The third kappa shape index (κ3) is 10.1. The van der Waals surface area contributed by atoms with Crippen molar-refractivity contribution in [3.63, 3.8) is 0 Å². The molecule has 3 aromatic rings. The Morgan fingerprint density at radius 3 is 2.26 bits per heavy atom. The highest BCUT2D eigenvalue weighted by Gasteiger charge is 2.22. The number of amides is 1. The number of piperidine rings is 1. The zero-order chi connectivity index (χ0) is 33.6. The predicted octanol–water partition coefficient (Wildman–Crippen LogP) is 8.60. The van der Waals surface area contributed by atoms with Crippen LogP contribution in [0.4, 0.5) is 11.5 Å². The molecule has 1 aromatic carbocycles. The van der Waals surface area contributed by atoms with Gasteiger partial charge in [0.2, 0.25) is 5.91 Å². The van der Waals surface area contributed by atoms with Crippen LogP contribution < -0.4 is 10.2 Å². The molecule has 1 N–H and O–H groups in total. The van der Waals surface area contributed by atoms with Gasteiger partial charge in [0.05, 0.1) is 0 Å². The molecule has 1 amide bonds. The van der Waals surface area contributed by atoms with E-state index < -0.39 is 0 Å². The molecule has 47 heavy (non-hydrogen) atoms. The van der Waals surface area contributed by atoms with Gasteiger partial charge in [-0.25, -0.2) is 4.98 Å². The van der Waals surface area contributed by atoms with Crippen LogP contribution in [0, 0.1) is 0 Å². The minimum Gasteiger partial charge on any atom is -0.372 e. The van der Waals surface area contributed by atoms with Gasteiger partial charge in [0, 0.05) is 76.2 Å². The van der Waals surface area contributed by atoms with Crippen molar-refractivity contribution in [3.05, 3.63) is 84.1 Å². The molecule has 0 saturated carbocycles. The van der Waals surface area contributed by atoms with E-state index in [9.17, 15) is 4.79 Å². The number of pyridine rings is 1. The standard InChI is InChI=1S/C37H50N6O.C3H8/c1-5-29(3)13-14-30(4)31(6-2)28-40-24-26-42(27-25-40)35(44)19-20-38-37-36(39-34-12-8-11-23-43(34)37)32-15-17-33(18-16-32)41-21-9-7-10-22-41;1-3-2/h8,11-18,23,38H,3,5-7,9-10,19-22,24-28H2,1-2,4H3;3H2,1-2H3/b14-13-,31-30+;. The Morgan fingerprint density at radius 1 is 0.894 bits per heavy atom. The molecule has 7 heteroatoms. The van der Waals surface area contributed by atoms with E-state index in [1.54, 1.807) is 0 Å². The first kappa shape index (κ1) is 36.0. The second kappa shape index (κ2) is 18.5. The number of nitrogens with zero attached hydrogens (tertiary/aromatic N) is 5. The van der Waals surface area contributed by atoms with Crippen molar-refractivity contribution in [2.75, 3.05) is 62.6 Å². The van der Waals surface area contributed by atoms with E-state index in [1.165, 1.54) is 42.5 Å². The summed E-state index contributed by atoms with van der Waals surface area (Å²) in [6.07, 6.45) is 14.0. The molecule has 0 unspecified atom stereocenters. The normalized spacial score (nSPS) is 16.2. The van der Waals surface area contributed by atoms with E-state index in [0.29, 0.717) is 13.0 Å². The first-order chi connectivity index (χ1) is 22.9. The van der Waals surface area contributed by atoms with Crippen LogP contribution in [0.25, 0.3) is 16.9 Å². The molecule has 0 aliphatic carbocycles. The number of hydrogen-bond donors (Lipinski definition) is 1. The summed E-state index contributed by atoms with van der Waals surface area (Å²) in [5, 5.41) is 3.58. The summed E-state index contributed by atoms with van der Waals surface area (Å²) in [6.45, 7) is 22.1. The van der Waals surface area contributed by atoms with Crippen molar-refractivity contribution in [3.8, 4) is 11.3 Å². The fourth-order valence-electron chi connectivity index (χ4n) is 6.21. The molecular weight excluding hydrogens is 580 g/mol. The number of carbonyl (C=O) groups excluding carboxylic acids is 1. The SMILES string of the molecule is C=C(/C=C\C(C)=C(/CC)CN1CCN(C(=O)CCNc2c(-c3ccc(N4CCCCC4)cc3)nc3ccccn23)CC1)CC.CCC. The fourth-order valence-corrected chi connectivity index (χ4v) is 6.21. The lowest BCUT2D eigenvalue weighted by Gasteiger charge is -2.35. The van der Waals surface area contributed by atoms with Gasteiger partial charge < -0.3 is 15.1 Å². The highest BCUT2D eigenvalue weighted by atomic mass is 16.2. The van der Waals surface area contributed by atoms with E-state index in [-0.39, 0.29) is 5.91 Å².